The number of carbonyl (C=O) groups is 1. The maximum absolute atomic E-state index is 12.6. The van der Waals surface area contributed by atoms with Gasteiger partial charge in [-0.15, -0.1) is 0 Å². The predicted octanol–water partition coefficient (Wildman–Crippen LogP) is 3.27. The van der Waals surface area contributed by atoms with Crippen LogP contribution in [0.5, 0.6) is 11.5 Å². The minimum Gasteiger partial charge on any atom is -0.457 e. The Morgan fingerprint density at radius 2 is 2.00 bits per heavy atom. The quantitative estimate of drug-likeness (QED) is 0.917. The van der Waals surface area contributed by atoms with E-state index in [-0.39, 0.29) is 18.6 Å². The monoisotopic (exact) mass is 322 g/mol. The largest absolute Gasteiger partial charge is 0.457 e. The van der Waals surface area contributed by atoms with Crippen molar-refractivity contribution in [1.29, 1.82) is 5.26 Å². The Labute approximate surface area is 140 Å². The first-order valence-electron chi connectivity index (χ1n) is 7.89. The van der Waals surface area contributed by atoms with Crippen LogP contribution in [-0.2, 0) is 0 Å². The number of aliphatic hydroxyl groups is 1. The molecule has 2 aromatic rings. The van der Waals surface area contributed by atoms with Gasteiger partial charge in [-0.1, -0.05) is 25.1 Å². The van der Waals surface area contributed by atoms with E-state index in [2.05, 4.69) is 6.07 Å². The van der Waals surface area contributed by atoms with Gasteiger partial charge in [-0.25, -0.2) is 0 Å². The maximum Gasteiger partial charge on any atom is 0.255 e. The highest BCUT2D eigenvalue weighted by Crippen LogP contribution is 2.38. The Balaban J connectivity index is 1.95. The molecule has 24 heavy (non-hydrogen) atoms. The van der Waals surface area contributed by atoms with Gasteiger partial charge in [-0.3, -0.25) is 4.79 Å². The summed E-state index contributed by atoms with van der Waals surface area (Å²) in [5.74, 6) is 1.05. The first-order chi connectivity index (χ1) is 11.7. The van der Waals surface area contributed by atoms with Gasteiger partial charge in [-0.05, 0) is 36.8 Å². The smallest absolute Gasteiger partial charge is 0.255 e. The lowest BCUT2D eigenvalue weighted by Gasteiger charge is -2.28. The molecular weight excluding hydrogens is 304 g/mol. The first kappa shape index (κ1) is 16.0. The van der Waals surface area contributed by atoms with Gasteiger partial charge in [0.25, 0.3) is 5.91 Å². The van der Waals surface area contributed by atoms with Crippen LogP contribution in [-0.4, -0.2) is 28.6 Å². The van der Waals surface area contributed by atoms with E-state index in [1.54, 1.807) is 18.2 Å². The second-order valence-electron chi connectivity index (χ2n) is 5.65. The number of amides is 1. The summed E-state index contributed by atoms with van der Waals surface area (Å²) in [7, 11) is 0. The Kier molecular flexibility index (Phi) is 4.50. The summed E-state index contributed by atoms with van der Waals surface area (Å²) >= 11 is 0. The van der Waals surface area contributed by atoms with Gasteiger partial charge in [-0.2, -0.15) is 5.26 Å². The van der Waals surface area contributed by atoms with E-state index in [1.807, 2.05) is 37.3 Å². The van der Waals surface area contributed by atoms with Crippen LogP contribution in [0, 0.1) is 11.3 Å². The highest BCUT2D eigenvalue weighted by molar-refractivity contribution is 6.00. The number of para-hydroxylation sites is 1. The fourth-order valence-corrected chi connectivity index (χ4v) is 2.98. The number of aliphatic hydroxyl groups excluding tert-OH is 1. The summed E-state index contributed by atoms with van der Waals surface area (Å²) < 4.78 is 5.79. The van der Waals surface area contributed by atoms with E-state index in [0.717, 1.165) is 0 Å². The normalized spacial score (nSPS) is 17.3. The van der Waals surface area contributed by atoms with Crippen LogP contribution in [0.2, 0.25) is 0 Å². The minimum absolute atomic E-state index is 0.165. The zero-order valence-electron chi connectivity index (χ0n) is 13.3. The molecule has 5 heteroatoms. The van der Waals surface area contributed by atoms with Gasteiger partial charge < -0.3 is 14.7 Å². The number of ether oxygens (including phenoxy) is 1. The van der Waals surface area contributed by atoms with E-state index in [0.29, 0.717) is 29.0 Å². The topological polar surface area (TPSA) is 73.6 Å². The van der Waals surface area contributed by atoms with E-state index in [9.17, 15) is 15.2 Å². The van der Waals surface area contributed by atoms with Crippen LogP contribution < -0.4 is 4.74 Å². The van der Waals surface area contributed by atoms with E-state index in [4.69, 9.17) is 4.74 Å². The van der Waals surface area contributed by atoms with Crippen LogP contribution in [0.1, 0.15) is 35.3 Å². The third-order valence-corrected chi connectivity index (χ3v) is 4.24. The molecule has 2 aromatic carbocycles. The van der Waals surface area contributed by atoms with Crippen molar-refractivity contribution in [1.82, 2.24) is 4.90 Å². The third-order valence-electron chi connectivity index (χ3n) is 4.24. The molecule has 0 radical (unpaired) electrons. The first-order valence-corrected chi connectivity index (χ1v) is 7.89. The van der Waals surface area contributed by atoms with Crippen molar-refractivity contribution in [3.8, 4) is 17.6 Å². The number of hydrogen-bond acceptors (Lipinski definition) is 4. The van der Waals surface area contributed by atoms with Crippen LogP contribution in [0.3, 0.4) is 0 Å². The van der Waals surface area contributed by atoms with Crippen molar-refractivity contribution in [3.05, 3.63) is 59.7 Å². The molecule has 0 saturated carbocycles. The van der Waals surface area contributed by atoms with Gasteiger partial charge >= 0.3 is 0 Å². The molecular formula is C19H18N2O3. The van der Waals surface area contributed by atoms with Gasteiger partial charge in [0.15, 0.2) is 0 Å². The molecule has 0 spiro atoms. The molecule has 0 aliphatic carbocycles. The average Bonchev–Trinajstić information content (AvgIpc) is 2.89. The molecule has 122 valence electrons. The summed E-state index contributed by atoms with van der Waals surface area (Å²) in [5.41, 5.74) is 1.12. The summed E-state index contributed by atoms with van der Waals surface area (Å²) in [4.78, 5) is 14.1. The lowest BCUT2D eigenvalue weighted by molar-refractivity contribution is 0.0572. The number of fused-ring (bicyclic) bond motifs is 1. The molecule has 1 heterocycles. The molecule has 2 unspecified atom stereocenters. The Morgan fingerprint density at radius 1 is 1.25 bits per heavy atom. The van der Waals surface area contributed by atoms with Crippen molar-refractivity contribution >= 4 is 5.91 Å². The van der Waals surface area contributed by atoms with E-state index >= 15 is 0 Å². The Bertz CT molecular complexity index is 779. The Hall–Kier alpha value is -2.84. The van der Waals surface area contributed by atoms with Crippen LogP contribution >= 0.6 is 0 Å². The zero-order valence-corrected chi connectivity index (χ0v) is 13.3. The lowest BCUT2D eigenvalue weighted by atomic mass is 10.0. The molecule has 0 fully saturated rings. The molecule has 1 aliphatic heterocycles. The number of carbonyl (C=O) groups excluding carboxylic acids is 1. The van der Waals surface area contributed by atoms with Crippen LogP contribution in [0.25, 0.3) is 0 Å². The molecule has 1 N–H and O–H groups in total. The fraction of sp³-hybridized carbons (Fsp3) is 0.263. The predicted molar refractivity (Wildman–Crippen MR) is 88.6 cm³/mol. The van der Waals surface area contributed by atoms with Gasteiger partial charge in [0.2, 0.25) is 0 Å². The van der Waals surface area contributed by atoms with E-state index in [1.165, 1.54) is 4.90 Å². The highest BCUT2D eigenvalue weighted by atomic mass is 16.5. The molecule has 2 atom stereocenters. The molecule has 3 rings (SSSR count). The van der Waals surface area contributed by atoms with Crippen molar-refractivity contribution in [2.45, 2.75) is 25.4 Å². The second kappa shape index (κ2) is 6.73. The summed E-state index contributed by atoms with van der Waals surface area (Å²) in [6.07, 6.45) is 0.585. The molecule has 1 aliphatic rings. The van der Waals surface area contributed by atoms with Crippen LogP contribution in [0.4, 0.5) is 0 Å². The molecule has 0 aromatic heterocycles. The highest BCUT2D eigenvalue weighted by Gasteiger charge is 2.40. The van der Waals surface area contributed by atoms with Gasteiger partial charge in [0, 0.05) is 11.1 Å². The minimum atomic E-state index is -0.705. The van der Waals surface area contributed by atoms with Gasteiger partial charge in [0.05, 0.1) is 18.7 Å². The summed E-state index contributed by atoms with van der Waals surface area (Å²) in [6.45, 7) is 1.72. The molecule has 0 bridgehead atoms. The molecule has 0 saturated heterocycles. The SMILES string of the molecule is CCC(CO)N1C(=O)c2ccc(Oc3ccccc3)cc2C1C#N. The lowest BCUT2D eigenvalue weighted by Crippen LogP contribution is -2.39. The van der Waals surface area contributed by atoms with E-state index < -0.39 is 6.04 Å². The molecule has 1 amide bonds. The van der Waals surface area contributed by atoms with Crippen molar-refractivity contribution in [2.75, 3.05) is 6.61 Å². The number of benzene rings is 2. The maximum atomic E-state index is 12.6. The number of nitrogens with zero attached hydrogens (tertiary/aromatic N) is 2. The summed E-state index contributed by atoms with van der Waals surface area (Å²) in [5, 5.41) is 19.1. The summed E-state index contributed by atoms with van der Waals surface area (Å²) in [6, 6.07) is 15.6. The average molecular weight is 322 g/mol. The number of hydrogen-bond donors (Lipinski definition) is 1. The fourth-order valence-electron chi connectivity index (χ4n) is 2.98. The van der Waals surface area contributed by atoms with Gasteiger partial charge in [0.1, 0.15) is 17.5 Å². The second-order valence-corrected chi connectivity index (χ2v) is 5.65. The van der Waals surface area contributed by atoms with Crippen molar-refractivity contribution in [3.63, 3.8) is 0 Å². The number of nitriles is 1. The Morgan fingerprint density at radius 3 is 2.62 bits per heavy atom. The van der Waals surface area contributed by atoms with Crippen molar-refractivity contribution in [2.24, 2.45) is 0 Å². The zero-order chi connectivity index (χ0) is 17.1. The van der Waals surface area contributed by atoms with Crippen LogP contribution in [0.15, 0.2) is 48.5 Å². The third kappa shape index (κ3) is 2.72. The standard InChI is InChI=1S/C19H18N2O3/c1-2-13(12-22)21-18(11-20)17-10-15(8-9-16(17)19(21)23)24-14-6-4-3-5-7-14/h3-10,13,18,22H,2,12H2,1H3. The molecule has 5 nitrogen and oxygen atoms in total. The number of rotatable bonds is 5. The van der Waals surface area contributed by atoms with Crippen molar-refractivity contribution < 1.29 is 14.6 Å².